The summed E-state index contributed by atoms with van der Waals surface area (Å²) in [4.78, 5) is 136. The Labute approximate surface area is 309 Å². The SMILES string of the molecule is Cc1c[nH]c(=O)[nH]c1=O.Nc1ccnc(=O)[nH]1.Nc1nc2nc[nH]c2c(=O)[nH]1.Nc1ncnc2nc[nH]c12.O=c1[nH]c(=O)c2[nH]cnc2[nH]1.O=c1cc[nH]c(=O)[nH]1. The molecule has 0 spiro atoms. The van der Waals surface area contributed by atoms with Crippen molar-refractivity contribution in [2.45, 2.75) is 6.92 Å². The van der Waals surface area contributed by atoms with Gasteiger partial charge in [0.2, 0.25) is 5.95 Å². The van der Waals surface area contributed by atoms with E-state index in [-0.39, 0.29) is 33.8 Å². The molecule has 0 aliphatic rings. The molecule has 9 aromatic heterocycles. The van der Waals surface area contributed by atoms with Crippen LogP contribution in [0.15, 0.2) is 94.4 Å². The average molecular weight is 788 g/mol. The van der Waals surface area contributed by atoms with Gasteiger partial charge in [0.25, 0.3) is 22.2 Å². The number of nitrogens with zero attached hydrogens (tertiary/aromatic N) is 7. The number of hydrogen-bond acceptors (Lipinski definition) is 18. The molecule has 0 atom stereocenters. The molecule has 0 aliphatic heterocycles. The summed E-state index contributed by atoms with van der Waals surface area (Å²) >= 11 is 0. The number of hydrogen-bond donors (Lipinski definition) is 14. The number of nitrogen functional groups attached to an aromatic ring is 3. The molecule has 0 radical (unpaired) electrons. The molecule has 9 aromatic rings. The van der Waals surface area contributed by atoms with E-state index in [1.807, 2.05) is 4.98 Å². The second kappa shape index (κ2) is 19.0. The van der Waals surface area contributed by atoms with Crippen LogP contribution >= 0.6 is 0 Å². The molecule has 17 N–H and O–H groups in total. The maximum absolute atomic E-state index is 11.0. The Balaban J connectivity index is 0.000000152. The van der Waals surface area contributed by atoms with E-state index < -0.39 is 28.3 Å². The van der Waals surface area contributed by atoms with Crippen molar-refractivity contribution in [1.82, 2.24) is 89.7 Å². The summed E-state index contributed by atoms with van der Waals surface area (Å²) in [6.07, 6.45) is 9.69. The zero-order valence-electron chi connectivity index (χ0n) is 28.8. The van der Waals surface area contributed by atoms with Gasteiger partial charge in [-0.3, -0.25) is 49.1 Å². The van der Waals surface area contributed by atoms with Crippen LogP contribution in [0.5, 0.6) is 0 Å². The fourth-order valence-electron chi connectivity index (χ4n) is 3.75. The Kier molecular flexibility index (Phi) is 13.5. The van der Waals surface area contributed by atoms with Crippen LogP contribution in [-0.2, 0) is 0 Å². The molecule has 0 aromatic carbocycles. The van der Waals surface area contributed by atoms with Crippen molar-refractivity contribution in [2.24, 2.45) is 0 Å². The second-order valence-electron chi connectivity index (χ2n) is 10.3. The number of H-pyrrole nitrogens is 11. The molecule has 9 rings (SSSR count). The summed E-state index contributed by atoms with van der Waals surface area (Å²) in [6, 6.07) is 2.75. The molecule has 9 heterocycles. The predicted molar refractivity (Wildman–Crippen MR) is 202 cm³/mol. The molecular formula is C28H29N21O8. The van der Waals surface area contributed by atoms with Crippen LogP contribution in [0.4, 0.5) is 17.6 Å². The van der Waals surface area contributed by atoms with E-state index in [0.717, 1.165) is 0 Å². The molecule has 0 fully saturated rings. The number of aromatic nitrogens is 18. The summed E-state index contributed by atoms with van der Waals surface area (Å²) in [7, 11) is 0. The quantitative estimate of drug-likeness (QED) is 0.0694. The summed E-state index contributed by atoms with van der Waals surface area (Å²) in [6.45, 7) is 1.62. The van der Waals surface area contributed by atoms with E-state index in [2.05, 4.69) is 84.7 Å². The maximum Gasteiger partial charge on any atom is 0.346 e. The lowest BCUT2D eigenvalue weighted by Crippen LogP contribution is -2.22. The normalized spacial score (nSPS) is 9.91. The van der Waals surface area contributed by atoms with Gasteiger partial charge in [-0.25, -0.2) is 49.1 Å². The van der Waals surface area contributed by atoms with Crippen molar-refractivity contribution in [3.8, 4) is 0 Å². The van der Waals surface area contributed by atoms with Crippen LogP contribution in [0.2, 0.25) is 0 Å². The van der Waals surface area contributed by atoms with Crippen molar-refractivity contribution in [3.05, 3.63) is 145 Å². The molecule has 29 heteroatoms. The first-order chi connectivity index (χ1) is 27.2. The molecule has 0 amide bonds. The fraction of sp³-hybridized carbons (Fsp3) is 0.0357. The smallest absolute Gasteiger partial charge is 0.346 e. The number of anilines is 3. The van der Waals surface area contributed by atoms with Gasteiger partial charge in [0, 0.05) is 30.2 Å². The number of fused-ring (bicyclic) bond motifs is 3. The van der Waals surface area contributed by atoms with Crippen molar-refractivity contribution in [3.63, 3.8) is 0 Å². The van der Waals surface area contributed by atoms with Gasteiger partial charge in [0.15, 0.2) is 28.3 Å². The highest BCUT2D eigenvalue weighted by Gasteiger charge is 2.02. The van der Waals surface area contributed by atoms with Crippen molar-refractivity contribution >= 4 is 51.1 Å². The summed E-state index contributed by atoms with van der Waals surface area (Å²) in [5.41, 5.74) is 15.6. The number of aromatic amines is 11. The van der Waals surface area contributed by atoms with Gasteiger partial charge in [-0.2, -0.15) is 4.98 Å². The number of nitrogens with two attached hydrogens (primary N) is 3. The van der Waals surface area contributed by atoms with Crippen LogP contribution in [0, 0.1) is 6.92 Å². The van der Waals surface area contributed by atoms with E-state index in [1.165, 1.54) is 56.0 Å². The molecule has 29 nitrogen and oxygen atoms in total. The molecule has 57 heavy (non-hydrogen) atoms. The Hall–Kier alpha value is -9.31. The van der Waals surface area contributed by atoms with Gasteiger partial charge in [-0.05, 0) is 13.0 Å². The molecular weight excluding hydrogens is 758 g/mol. The third-order valence-corrected chi connectivity index (χ3v) is 6.28. The van der Waals surface area contributed by atoms with Crippen LogP contribution in [0.3, 0.4) is 0 Å². The van der Waals surface area contributed by atoms with E-state index in [1.54, 1.807) is 6.92 Å². The number of rotatable bonds is 0. The minimum atomic E-state index is -0.547. The molecule has 294 valence electrons. The van der Waals surface area contributed by atoms with Crippen molar-refractivity contribution in [1.29, 1.82) is 0 Å². The topological polar surface area (TPSA) is 479 Å². The lowest BCUT2D eigenvalue weighted by atomic mass is 10.4. The minimum Gasteiger partial charge on any atom is -0.385 e. The van der Waals surface area contributed by atoms with Crippen LogP contribution < -0.4 is 62.2 Å². The van der Waals surface area contributed by atoms with E-state index >= 15 is 0 Å². The Morgan fingerprint density at radius 3 is 1.81 bits per heavy atom. The Bertz CT molecular complexity index is 3170. The van der Waals surface area contributed by atoms with Gasteiger partial charge < -0.3 is 42.1 Å². The fourth-order valence-corrected chi connectivity index (χ4v) is 3.75. The van der Waals surface area contributed by atoms with Crippen molar-refractivity contribution < 1.29 is 0 Å². The molecule has 0 saturated carbocycles. The summed E-state index contributed by atoms with van der Waals surface area (Å²) in [5.74, 6) is 0.849. The van der Waals surface area contributed by atoms with Gasteiger partial charge in [0.1, 0.15) is 23.2 Å². The van der Waals surface area contributed by atoms with E-state index in [4.69, 9.17) is 17.2 Å². The van der Waals surface area contributed by atoms with Crippen LogP contribution in [0.25, 0.3) is 33.5 Å². The highest BCUT2D eigenvalue weighted by molar-refractivity contribution is 5.80. The molecule has 0 aliphatic carbocycles. The van der Waals surface area contributed by atoms with E-state index in [0.29, 0.717) is 39.5 Å². The molecule has 0 bridgehead atoms. The van der Waals surface area contributed by atoms with Crippen molar-refractivity contribution in [2.75, 3.05) is 17.2 Å². The minimum absolute atomic E-state index is 0.0783. The zero-order valence-corrected chi connectivity index (χ0v) is 28.8. The van der Waals surface area contributed by atoms with Gasteiger partial charge in [-0.15, -0.1) is 0 Å². The molecule has 0 saturated heterocycles. The Morgan fingerprint density at radius 1 is 0.544 bits per heavy atom. The third-order valence-electron chi connectivity index (χ3n) is 6.28. The summed E-state index contributed by atoms with van der Waals surface area (Å²) in [5, 5.41) is 0. The first-order valence-corrected chi connectivity index (χ1v) is 15.3. The molecule has 0 unspecified atom stereocenters. The van der Waals surface area contributed by atoms with Crippen LogP contribution in [-0.4, -0.2) is 89.7 Å². The first kappa shape index (κ1) is 40.5. The van der Waals surface area contributed by atoms with Gasteiger partial charge >= 0.3 is 22.8 Å². The summed E-state index contributed by atoms with van der Waals surface area (Å²) < 4.78 is 0. The first-order valence-electron chi connectivity index (χ1n) is 15.3. The monoisotopic (exact) mass is 787 g/mol. The van der Waals surface area contributed by atoms with Gasteiger partial charge in [0.05, 0.1) is 19.0 Å². The van der Waals surface area contributed by atoms with Crippen LogP contribution in [0.1, 0.15) is 5.56 Å². The van der Waals surface area contributed by atoms with Gasteiger partial charge in [-0.1, -0.05) is 0 Å². The number of imidazole rings is 3. The van der Waals surface area contributed by atoms with E-state index in [9.17, 15) is 38.4 Å². The average Bonchev–Trinajstić information content (AvgIpc) is 3.94. The number of aryl methyl sites for hydroxylation is 1. The standard InChI is InChI=1S/C5H5N5O.C5H5N5.C5H4N4O2.C5H6N2O2.C4H5N3O.C4H4N2O2/c6-5-9-3-2(4(11)10-5)7-1-8-3;6-4-3-5(9-1-7-3)10-2-8-4;10-4-2-3(7-1-6-2)8-5(11)9-4;1-3-2-6-5(9)7-4(3)8;5-3-1-2-6-4(8)7-3;7-3-1-2-5-4(8)6-3/h1H,(H4,6,7,8,9,10,11);1-2H,(H3,6,7,8,9,10);1H,(H3,6,7,8,9,10,11);2H,1H3,(H2,6,7,8,9);1-2H,(H3,5,6,7,8);1-2H,(H2,5,6,7,8). The number of nitrogens with one attached hydrogen (secondary N) is 11. The second-order valence-corrected chi connectivity index (χ2v) is 10.3. The zero-order chi connectivity index (χ0) is 41.5. The predicted octanol–water partition coefficient (Wildman–Crippen LogP) is -4.11. The highest BCUT2D eigenvalue weighted by Crippen LogP contribution is 2.09. The highest BCUT2D eigenvalue weighted by atomic mass is 16.2. The maximum atomic E-state index is 11.0. The third kappa shape index (κ3) is 12.1. The lowest BCUT2D eigenvalue weighted by Gasteiger charge is -1.89. The Morgan fingerprint density at radius 2 is 1.19 bits per heavy atom. The largest absolute Gasteiger partial charge is 0.385 e. The lowest BCUT2D eigenvalue weighted by molar-refractivity contribution is 1.01.